The highest BCUT2D eigenvalue weighted by Gasteiger charge is 2.18. The highest BCUT2D eigenvalue weighted by Crippen LogP contribution is 2.16. The van der Waals surface area contributed by atoms with E-state index >= 15 is 0 Å². The summed E-state index contributed by atoms with van der Waals surface area (Å²) in [6.07, 6.45) is 2.52. The second-order valence-corrected chi connectivity index (χ2v) is 5.98. The van der Waals surface area contributed by atoms with E-state index in [0.717, 1.165) is 36.2 Å². The van der Waals surface area contributed by atoms with Crippen molar-refractivity contribution in [1.29, 1.82) is 0 Å². The Morgan fingerprint density at radius 3 is 2.95 bits per heavy atom. The van der Waals surface area contributed by atoms with Crippen LogP contribution in [0.15, 0.2) is 29.3 Å². The van der Waals surface area contributed by atoms with E-state index < -0.39 is 0 Å². The van der Waals surface area contributed by atoms with E-state index in [1.165, 1.54) is 19.8 Å². The van der Waals surface area contributed by atoms with Gasteiger partial charge in [-0.1, -0.05) is 19.1 Å². The minimum Gasteiger partial charge on any atom is -0.352 e. The molecule has 1 aliphatic rings. The summed E-state index contributed by atoms with van der Waals surface area (Å²) in [6, 6.07) is 7.88. The Labute approximate surface area is 132 Å². The van der Waals surface area contributed by atoms with Crippen LogP contribution in [0.25, 0.3) is 0 Å². The van der Waals surface area contributed by atoms with Crippen molar-refractivity contribution in [1.82, 2.24) is 10.2 Å². The molecule has 1 atom stereocenters. The molecule has 0 bridgehead atoms. The summed E-state index contributed by atoms with van der Waals surface area (Å²) in [5.41, 5.74) is 1.95. The Morgan fingerprint density at radius 1 is 1.45 bits per heavy atom. The molecule has 0 spiro atoms. The predicted molar refractivity (Wildman–Crippen MR) is 90.9 cm³/mol. The maximum Gasteiger partial charge on any atom is 0.221 e. The summed E-state index contributed by atoms with van der Waals surface area (Å²) >= 11 is 0. The number of nitrogens with zero attached hydrogens (tertiary/aromatic N) is 2. The SMILES string of the molecule is CN=C(NCc1cccc(NC(C)=O)c1)N1CCCC(C)C1. The van der Waals surface area contributed by atoms with Crippen molar-refractivity contribution in [2.24, 2.45) is 10.9 Å². The summed E-state index contributed by atoms with van der Waals surface area (Å²) in [4.78, 5) is 17.8. The van der Waals surface area contributed by atoms with Crippen molar-refractivity contribution in [3.8, 4) is 0 Å². The van der Waals surface area contributed by atoms with Crippen LogP contribution in [0.1, 0.15) is 32.3 Å². The number of hydrogen-bond donors (Lipinski definition) is 2. The van der Waals surface area contributed by atoms with E-state index in [1.807, 2.05) is 31.3 Å². The number of anilines is 1. The monoisotopic (exact) mass is 302 g/mol. The zero-order valence-electron chi connectivity index (χ0n) is 13.7. The van der Waals surface area contributed by atoms with Gasteiger partial charge in [0.2, 0.25) is 5.91 Å². The number of guanidine groups is 1. The first-order chi connectivity index (χ1) is 10.6. The lowest BCUT2D eigenvalue weighted by Crippen LogP contribution is -2.45. The summed E-state index contributed by atoms with van der Waals surface area (Å²) in [6.45, 7) is 6.63. The van der Waals surface area contributed by atoms with E-state index in [2.05, 4.69) is 27.4 Å². The maximum absolute atomic E-state index is 11.1. The molecule has 5 heteroatoms. The first-order valence-corrected chi connectivity index (χ1v) is 7.90. The quantitative estimate of drug-likeness (QED) is 0.666. The Balaban J connectivity index is 1.94. The van der Waals surface area contributed by atoms with Crippen LogP contribution in [0.4, 0.5) is 5.69 Å². The molecule has 1 aromatic rings. The fourth-order valence-electron chi connectivity index (χ4n) is 2.86. The minimum atomic E-state index is -0.0526. The molecule has 1 heterocycles. The fourth-order valence-corrected chi connectivity index (χ4v) is 2.86. The lowest BCUT2D eigenvalue weighted by molar-refractivity contribution is -0.114. The van der Waals surface area contributed by atoms with Crippen LogP contribution in [-0.4, -0.2) is 36.9 Å². The summed E-state index contributed by atoms with van der Waals surface area (Å²) in [7, 11) is 1.83. The van der Waals surface area contributed by atoms with Gasteiger partial charge in [0.1, 0.15) is 0 Å². The molecule has 22 heavy (non-hydrogen) atoms. The number of rotatable bonds is 3. The Hall–Kier alpha value is -2.04. The summed E-state index contributed by atoms with van der Waals surface area (Å²) in [5.74, 6) is 1.62. The van der Waals surface area contributed by atoms with Crippen LogP contribution in [0.2, 0.25) is 0 Å². The average molecular weight is 302 g/mol. The van der Waals surface area contributed by atoms with E-state index in [9.17, 15) is 4.79 Å². The molecule has 5 nitrogen and oxygen atoms in total. The normalized spacial score (nSPS) is 19.0. The smallest absolute Gasteiger partial charge is 0.221 e. The standard InChI is InChI=1S/C17H26N4O/c1-13-6-5-9-21(12-13)17(18-3)19-11-15-7-4-8-16(10-15)20-14(2)22/h4,7-8,10,13H,5-6,9,11-12H2,1-3H3,(H,18,19)(H,20,22). The van der Waals surface area contributed by atoms with E-state index in [-0.39, 0.29) is 5.91 Å². The van der Waals surface area contributed by atoms with Crippen LogP contribution in [0, 0.1) is 5.92 Å². The molecule has 1 saturated heterocycles. The molecule has 1 aromatic carbocycles. The number of carbonyl (C=O) groups excluding carboxylic acids is 1. The van der Waals surface area contributed by atoms with Crippen LogP contribution in [-0.2, 0) is 11.3 Å². The number of hydrogen-bond acceptors (Lipinski definition) is 2. The highest BCUT2D eigenvalue weighted by atomic mass is 16.1. The largest absolute Gasteiger partial charge is 0.352 e. The molecule has 0 saturated carbocycles. The molecule has 1 amide bonds. The Morgan fingerprint density at radius 2 is 2.27 bits per heavy atom. The number of amides is 1. The van der Waals surface area contributed by atoms with Gasteiger partial charge in [-0.3, -0.25) is 9.79 Å². The second kappa shape index (κ2) is 7.82. The van der Waals surface area contributed by atoms with Crippen molar-refractivity contribution < 1.29 is 4.79 Å². The summed E-state index contributed by atoms with van der Waals surface area (Å²) in [5, 5.41) is 6.23. The van der Waals surface area contributed by atoms with Gasteiger partial charge in [-0.25, -0.2) is 0 Å². The lowest BCUT2D eigenvalue weighted by atomic mass is 10.0. The van der Waals surface area contributed by atoms with E-state index in [0.29, 0.717) is 6.54 Å². The van der Waals surface area contributed by atoms with Gasteiger partial charge in [0.15, 0.2) is 5.96 Å². The highest BCUT2D eigenvalue weighted by molar-refractivity contribution is 5.88. The van der Waals surface area contributed by atoms with Gasteiger partial charge in [0, 0.05) is 39.3 Å². The average Bonchev–Trinajstić information content (AvgIpc) is 2.48. The van der Waals surface area contributed by atoms with Crippen LogP contribution in [0.5, 0.6) is 0 Å². The third-order valence-corrected chi connectivity index (χ3v) is 3.87. The number of nitrogens with one attached hydrogen (secondary N) is 2. The molecule has 0 aliphatic carbocycles. The molecule has 0 radical (unpaired) electrons. The molecule has 120 valence electrons. The van der Waals surface area contributed by atoms with Gasteiger partial charge < -0.3 is 15.5 Å². The zero-order valence-corrected chi connectivity index (χ0v) is 13.7. The first-order valence-electron chi connectivity index (χ1n) is 7.90. The number of likely N-dealkylation sites (tertiary alicyclic amines) is 1. The van der Waals surface area contributed by atoms with Gasteiger partial charge in [-0.05, 0) is 36.5 Å². The topological polar surface area (TPSA) is 56.7 Å². The van der Waals surface area contributed by atoms with Crippen LogP contribution < -0.4 is 10.6 Å². The predicted octanol–water partition coefficient (Wildman–Crippen LogP) is 2.45. The molecule has 1 unspecified atom stereocenters. The number of piperidine rings is 1. The second-order valence-electron chi connectivity index (χ2n) is 5.98. The molecule has 0 aromatic heterocycles. The lowest BCUT2D eigenvalue weighted by Gasteiger charge is -2.33. The van der Waals surface area contributed by atoms with Gasteiger partial charge in [0.25, 0.3) is 0 Å². The third kappa shape index (κ3) is 4.76. The van der Waals surface area contributed by atoms with E-state index in [4.69, 9.17) is 0 Å². The van der Waals surface area contributed by atoms with Gasteiger partial charge in [0.05, 0.1) is 0 Å². The maximum atomic E-state index is 11.1. The zero-order chi connectivity index (χ0) is 15.9. The summed E-state index contributed by atoms with van der Waals surface area (Å²) < 4.78 is 0. The van der Waals surface area contributed by atoms with Crippen molar-refractivity contribution >= 4 is 17.6 Å². The fraction of sp³-hybridized carbons (Fsp3) is 0.529. The number of carbonyl (C=O) groups is 1. The van der Waals surface area contributed by atoms with Crippen molar-refractivity contribution in [2.45, 2.75) is 33.2 Å². The van der Waals surface area contributed by atoms with Crippen molar-refractivity contribution in [3.63, 3.8) is 0 Å². The van der Waals surface area contributed by atoms with Gasteiger partial charge >= 0.3 is 0 Å². The van der Waals surface area contributed by atoms with Crippen LogP contribution in [0.3, 0.4) is 0 Å². The minimum absolute atomic E-state index is 0.0526. The third-order valence-electron chi connectivity index (χ3n) is 3.87. The van der Waals surface area contributed by atoms with Gasteiger partial charge in [-0.15, -0.1) is 0 Å². The molecule has 1 fully saturated rings. The number of aliphatic imine (C=N–C) groups is 1. The number of benzene rings is 1. The molecule has 1 aliphatic heterocycles. The first kappa shape index (κ1) is 16.3. The molecule has 2 N–H and O–H groups in total. The van der Waals surface area contributed by atoms with Crippen molar-refractivity contribution in [3.05, 3.63) is 29.8 Å². The van der Waals surface area contributed by atoms with Gasteiger partial charge in [-0.2, -0.15) is 0 Å². The molecule has 2 rings (SSSR count). The van der Waals surface area contributed by atoms with E-state index in [1.54, 1.807) is 0 Å². The van der Waals surface area contributed by atoms with Crippen molar-refractivity contribution in [2.75, 3.05) is 25.5 Å². The molecular formula is C17H26N4O. The molecular weight excluding hydrogens is 276 g/mol. The Bertz CT molecular complexity index is 541. The van der Waals surface area contributed by atoms with Crippen LogP contribution >= 0.6 is 0 Å². The Kier molecular flexibility index (Phi) is 5.81.